The van der Waals surface area contributed by atoms with Crippen molar-refractivity contribution in [3.8, 4) is 0 Å². The first-order valence-corrected chi connectivity index (χ1v) is 3.66. The van der Waals surface area contributed by atoms with Crippen molar-refractivity contribution in [3.05, 3.63) is 35.6 Å². The first-order chi connectivity index (χ1) is 5.34. The maximum absolute atomic E-state index is 12.8. The molecule has 0 heterocycles. The van der Waals surface area contributed by atoms with E-state index in [9.17, 15) is 9.50 Å². The van der Waals surface area contributed by atoms with Gasteiger partial charge in [-0.1, -0.05) is 18.2 Å². The Labute approximate surface area is 65.5 Å². The van der Waals surface area contributed by atoms with Gasteiger partial charge >= 0.3 is 0 Å². The van der Waals surface area contributed by atoms with Gasteiger partial charge in [0.05, 0.1) is 6.61 Å². The highest BCUT2D eigenvalue weighted by atomic mass is 19.1. The molecule has 0 saturated carbocycles. The molecule has 0 aliphatic carbocycles. The van der Waals surface area contributed by atoms with E-state index in [-0.39, 0.29) is 12.4 Å². The Kier molecular flexibility index (Phi) is 3.05. The maximum atomic E-state index is 12.8. The summed E-state index contributed by atoms with van der Waals surface area (Å²) in [7, 11) is 0. The minimum atomic E-state index is -0.207. The summed E-state index contributed by atoms with van der Waals surface area (Å²) in [6.45, 7) is -0.131. The summed E-state index contributed by atoms with van der Waals surface area (Å²) < 4.78 is 12.8. The Morgan fingerprint density at radius 1 is 1.27 bits per heavy atom. The fraction of sp³-hybridized carbons (Fsp3) is 0.333. The summed E-state index contributed by atoms with van der Waals surface area (Å²) in [6.07, 6.45) is 1.07. The molecule has 0 amide bonds. The normalized spacial score (nSPS) is 10.0. The molecule has 0 aliphatic rings. The molecule has 11 heavy (non-hydrogen) atoms. The van der Waals surface area contributed by atoms with E-state index >= 15 is 0 Å². The maximum Gasteiger partial charge on any atom is 0.126 e. The quantitative estimate of drug-likeness (QED) is 0.634. The van der Waals surface area contributed by atoms with E-state index in [4.69, 9.17) is 0 Å². The van der Waals surface area contributed by atoms with Gasteiger partial charge in [0.1, 0.15) is 5.82 Å². The standard InChI is InChI=1S/C9H10FO/c10-9-6-2-1-4-8(9)5-3-7-11/h1-2,4,6H,3,5,7H2. The molecule has 2 heteroatoms. The van der Waals surface area contributed by atoms with Crippen LogP contribution in [0.25, 0.3) is 0 Å². The highest BCUT2D eigenvalue weighted by Crippen LogP contribution is 2.07. The first-order valence-electron chi connectivity index (χ1n) is 3.66. The van der Waals surface area contributed by atoms with Crippen LogP contribution in [0.15, 0.2) is 24.3 Å². The lowest BCUT2D eigenvalue weighted by atomic mass is 10.1. The van der Waals surface area contributed by atoms with Crippen LogP contribution in [0.2, 0.25) is 0 Å². The fourth-order valence-corrected chi connectivity index (χ4v) is 0.964. The molecule has 1 nitrogen and oxygen atoms in total. The van der Waals surface area contributed by atoms with E-state index < -0.39 is 0 Å². The fourth-order valence-electron chi connectivity index (χ4n) is 0.964. The second-order valence-corrected chi connectivity index (χ2v) is 2.40. The molecule has 0 spiro atoms. The van der Waals surface area contributed by atoms with E-state index in [0.29, 0.717) is 18.4 Å². The Morgan fingerprint density at radius 3 is 2.64 bits per heavy atom. The van der Waals surface area contributed by atoms with E-state index in [2.05, 4.69) is 0 Å². The van der Waals surface area contributed by atoms with E-state index in [0.717, 1.165) is 0 Å². The molecule has 0 aromatic heterocycles. The highest BCUT2D eigenvalue weighted by Gasteiger charge is 1.98. The van der Waals surface area contributed by atoms with Crippen molar-refractivity contribution in [2.24, 2.45) is 0 Å². The van der Waals surface area contributed by atoms with Gasteiger partial charge < -0.3 is 0 Å². The third kappa shape index (κ3) is 2.31. The summed E-state index contributed by atoms with van der Waals surface area (Å²) in [5.41, 5.74) is 0.642. The third-order valence-electron chi connectivity index (χ3n) is 1.55. The van der Waals surface area contributed by atoms with Crippen molar-refractivity contribution >= 4 is 0 Å². The molecule has 1 rings (SSSR count). The SMILES string of the molecule is [O]CCCc1ccccc1F. The summed E-state index contributed by atoms with van der Waals surface area (Å²) in [4.78, 5) is 0. The predicted octanol–water partition coefficient (Wildman–Crippen LogP) is 2.19. The molecule has 0 atom stereocenters. The van der Waals surface area contributed by atoms with Crippen LogP contribution in [-0.4, -0.2) is 6.61 Å². The average Bonchev–Trinajstić information content (AvgIpc) is 2.03. The second kappa shape index (κ2) is 4.09. The Hall–Kier alpha value is -0.890. The summed E-state index contributed by atoms with van der Waals surface area (Å²) in [5, 5.41) is 10.1. The highest BCUT2D eigenvalue weighted by molar-refractivity contribution is 5.17. The first kappa shape index (κ1) is 8.21. The lowest BCUT2D eigenvalue weighted by Gasteiger charge is -1.98. The molecule has 0 fully saturated rings. The lowest BCUT2D eigenvalue weighted by molar-refractivity contribution is 0.189. The molecule has 1 aromatic carbocycles. The molecular formula is C9H10FO. The molecule has 59 valence electrons. The van der Waals surface area contributed by atoms with Crippen LogP contribution in [0.1, 0.15) is 12.0 Å². The van der Waals surface area contributed by atoms with Crippen LogP contribution >= 0.6 is 0 Å². The predicted molar refractivity (Wildman–Crippen MR) is 40.3 cm³/mol. The molecule has 0 unspecified atom stereocenters. The van der Waals surface area contributed by atoms with Crippen molar-refractivity contribution in [1.29, 1.82) is 0 Å². The van der Waals surface area contributed by atoms with Crippen LogP contribution in [0.3, 0.4) is 0 Å². The van der Waals surface area contributed by atoms with Crippen LogP contribution in [0.5, 0.6) is 0 Å². The summed E-state index contributed by atoms with van der Waals surface area (Å²) in [6, 6.07) is 6.56. The average molecular weight is 153 g/mol. The van der Waals surface area contributed by atoms with Crippen molar-refractivity contribution in [3.63, 3.8) is 0 Å². The number of hydrogen-bond donors (Lipinski definition) is 0. The van der Waals surface area contributed by atoms with Crippen LogP contribution in [-0.2, 0) is 11.5 Å². The van der Waals surface area contributed by atoms with E-state index in [1.165, 1.54) is 6.07 Å². The van der Waals surface area contributed by atoms with Gasteiger partial charge in [0.25, 0.3) is 0 Å². The zero-order valence-electron chi connectivity index (χ0n) is 6.22. The topological polar surface area (TPSA) is 19.9 Å². The molecule has 0 saturated heterocycles. The van der Waals surface area contributed by atoms with Crippen LogP contribution in [0, 0.1) is 5.82 Å². The Morgan fingerprint density at radius 2 is 2.00 bits per heavy atom. The minimum Gasteiger partial charge on any atom is -0.237 e. The molecule has 0 aliphatic heterocycles. The van der Waals surface area contributed by atoms with Crippen LogP contribution in [0.4, 0.5) is 4.39 Å². The Bertz CT molecular complexity index is 223. The number of hydrogen-bond acceptors (Lipinski definition) is 0. The van der Waals surface area contributed by atoms with Gasteiger partial charge in [-0.2, -0.15) is 0 Å². The smallest absolute Gasteiger partial charge is 0.126 e. The molecule has 0 bridgehead atoms. The van der Waals surface area contributed by atoms with Crippen molar-refractivity contribution in [2.45, 2.75) is 12.8 Å². The van der Waals surface area contributed by atoms with Gasteiger partial charge in [0.15, 0.2) is 0 Å². The zero-order chi connectivity index (χ0) is 8.10. The number of benzene rings is 1. The summed E-state index contributed by atoms with van der Waals surface area (Å²) in [5.74, 6) is -0.207. The van der Waals surface area contributed by atoms with Crippen LogP contribution < -0.4 is 0 Å². The van der Waals surface area contributed by atoms with E-state index in [1.54, 1.807) is 18.2 Å². The molecule has 1 radical (unpaired) electrons. The number of aryl methyl sites for hydroxylation is 1. The van der Waals surface area contributed by atoms with Crippen molar-refractivity contribution < 1.29 is 9.50 Å². The van der Waals surface area contributed by atoms with Crippen molar-refractivity contribution in [2.75, 3.05) is 6.61 Å². The second-order valence-electron chi connectivity index (χ2n) is 2.40. The number of halogens is 1. The number of rotatable bonds is 3. The third-order valence-corrected chi connectivity index (χ3v) is 1.55. The van der Waals surface area contributed by atoms with Gasteiger partial charge in [0.2, 0.25) is 0 Å². The molecule has 1 aromatic rings. The molecular weight excluding hydrogens is 143 g/mol. The van der Waals surface area contributed by atoms with Gasteiger partial charge in [-0.3, -0.25) is 0 Å². The lowest BCUT2D eigenvalue weighted by Crippen LogP contribution is -1.91. The largest absolute Gasteiger partial charge is 0.237 e. The van der Waals surface area contributed by atoms with Gasteiger partial charge in [-0.25, -0.2) is 9.50 Å². The van der Waals surface area contributed by atoms with Crippen molar-refractivity contribution in [1.82, 2.24) is 0 Å². The Balaban J connectivity index is 2.62. The van der Waals surface area contributed by atoms with Gasteiger partial charge in [0, 0.05) is 0 Å². The minimum absolute atomic E-state index is 0.131. The van der Waals surface area contributed by atoms with E-state index in [1.807, 2.05) is 0 Å². The van der Waals surface area contributed by atoms with Gasteiger partial charge in [-0.15, -0.1) is 0 Å². The zero-order valence-corrected chi connectivity index (χ0v) is 6.22. The monoisotopic (exact) mass is 153 g/mol. The summed E-state index contributed by atoms with van der Waals surface area (Å²) >= 11 is 0. The molecule has 0 N–H and O–H groups in total. The van der Waals surface area contributed by atoms with Gasteiger partial charge in [-0.05, 0) is 24.5 Å².